The number of nitrogens with zero attached hydrogens (tertiary/aromatic N) is 3. The van der Waals surface area contributed by atoms with Crippen molar-refractivity contribution in [2.45, 2.75) is 38.3 Å². The lowest BCUT2D eigenvalue weighted by molar-refractivity contribution is -0.137. The average Bonchev–Trinajstić information content (AvgIpc) is 2.56. The van der Waals surface area contributed by atoms with E-state index in [4.69, 9.17) is 4.74 Å². The fraction of sp³-hybridized carbons (Fsp3) is 0.579. The Morgan fingerprint density at radius 2 is 2.04 bits per heavy atom. The van der Waals surface area contributed by atoms with E-state index < -0.39 is 0 Å². The lowest BCUT2D eigenvalue weighted by atomic mass is 9.87. The highest BCUT2D eigenvalue weighted by molar-refractivity contribution is 5.78. The quantitative estimate of drug-likeness (QED) is 0.795. The van der Waals surface area contributed by atoms with Gasteiger partial charge in [0.1, 0.15) is 0 Å². The molecule has 0 aliphatic carbocycles. The zero-order chi connectivity index (χ0) is 17.0. The number of aromatic nitrogens is 1. The van der Waals surface area contributed by atoms with Crippen LogP contribution in [-0.2, 0) is 16.1 Å². The molecule has 0 saturated carbocycles. The van der Waals surface area contributed by atoms with Gasteiger partial charge < -0.3 is 9.64 Å². The van der Waals surface area contributed by atoms with Gasteiger partial charge in [0.25, 0.3) is 0 Å². The van der Waals surface area contributed by atoms with E-state index in [-0.39, 0.29) is 11.5 Å². The second-order valence-electron chi connectivity index (χ2n) is 7.06. The summed E-state index contributed by atoms with van der Waals surface area (Å²) in [7, 11) is 1.99. The minimum Gasteiger partial charge on any atom is -0.370 e. The molecule has 0 unspecified atom stereocenters. The molecule has 1 saturated heterocycles. The maximum atomic E-state index is 12.5. The van der Waals surface area contributed by atoms with Crippen LogP contribution in [0.4, 0.5) is 0 Å². The molecule has 1 amide bonds. The summed E-state index contributed by atoms with van der Waals surface area (Å²) in [5.41, 5.74) is 2.47. The van der Waals surface area contributed by atoms with Crippen LogP contribution in [0.2, 0.25) is 0 Å². The maximum absolute atomic E-state index is 12.5. The monoisotopic (exact) mass is 329 g/mol. The Hall–Kier alpha value is -1.72. The molecule has 0 bridgehead atoms. The predicted octanol–water partition coefficient (Wildman–Crippen LogP) is 2.24. The van der Waals surface area contributed by atoms with Crippen LogP contribution in [0.25, 0.3) is 0 Å². The molecular formula is C19H27N3O2. The highest BCUT2D eigenvalue weighted by Gasteiger charge is 2.36. The van der Waals surface area contributed by atoms with Crippen molar-refractivity contribution in [2.24, 2.45) is 0 Å². The summed E-state index contributed by atoms with van der Waals surface area (Å²) in [5, 5.41) is 0. The molecule has 2 aliphatic rings. The molecule has 1 aromatic heterocycles. The van der Waals surface area contributed by atoms with Crippen LogP contribution in [-0.4, -0.2) is 59.6 Å². The number of carbonyl (C=O) groups excluding carboxylic acids is 1. The van der Waals surface area contributed by atoms with Crippen molar-refractivity contribution in [3.63, 3.8) is 0 Å². The zero-order valence-corrected chi connectivity index (χ0v) is 14.7. The van der Waals surface area contributed by atoms with E-state index in [1.54, 1.807) is 12.4 Å². The predicted molar refractivity (Wildman–Crippen MR) is 93.4 cm³/mol. The van der Waals surface area contributed by atoms with E-state index in [0.717, 1.165) is 45.5 Å². The van der Waals surface area contributed by atoms with Gasteiger partial charge >= 0.3 is 0 Å². The molecule has 130 valence electrons. The highest BCUT2D eigenvalue weighted by Crippen LogP contribution is 2.32. The van der Waals surface area contributed by atoms with Gasteiger partial charge in [-0.2, -0.15) is 0 Å². The van der Waals surface area contributed by atoms with Crippen molar-refractivity contribution in [1.82, 2.24) is 14.8 Å². The Kier molecular flexibility index (Phi) is 5.31. The van der Waals surface area contributed by atoms with Gasteiger partial charge in [-0.05, 0) is 50.9 Å². The summed E-state index contributed by atoms with van der Waals surface area (Å²) in [6.07, 6.45) is 8.70. The first-order valence-electron chi connectivity index (χ1n) is 8.74. The first-order chi connectivity index (χ1) is 11.6. The molecular weight excluding hydrogens is 302 g/mol. The Morgan fingerprint density at radius 1 is 1.33 bits per heavy atom. The van der Waals surface area contributed by atoms with Gasteiger partial charge in [-0.1, -0.05) is 11.6 Å². The number of hydrogen-bond acceptors (Lipinski definition) is 4. The fourth-order valence-electron chi connectivity index (χ4n) is 3.59. The molecule has 5 nitrogen and oxygen atoms in total. The fourth-order valence-corrected chi connectivity index (χ4v) is 3.59. The van der Waals surface area contributed by atoms with E-state index in [1.807, 2.05) is 24.1 Å². The lowest BCUT2D eigenvalue weighted by Gasteiger charge is -2.42. The number of rotatable bonds is 4. The number of piperidine rings is 1. The number of carbonyl (C=O) groups is 1. The van der Waals surface area contributed by atoms with Crippen LogP contribution in [0.3, 0.4) is 0 Å². The summed E-state index contributed by atoms with van der Waals surface area (Å²) in [5.74, 6) is 0.206. The summed E-state index contributed by atoms with van der Waals surface area (Å²) in [6.45, 7) is 5.76. The van der Waals surface area contributed by atoms with Crippen LogP contribution in [0.5, 0.6) is 0 Å². The van der Waals surface area contributed by atoms with E-state index in [2.05, 4.69) is 22.9 Å². The van der Waals surface area contributed by atoms with Crippen LogP contribution in [0, 0.1) is 0 Å². The number of hydrogen-bond donors (Lipinski definition) is 0. The molecule has 0 N–H and O–H groups in total. The number of pyridine rings is 1. The summed E-state index contributed by atoms with van der Waals surface area (Å²) in [4.78, 5) is 20.6. The van der Waals surface area contributed by atoms with Gasteiger partial charge in [0, 0.05) is 32.0 Å². The Balaban J connectivity index is 1.49. The van der Waals surface area contributed by atoms with Gasteiger partial charge in [0.05, 0.1) is 18.8 Å². The molecule has 0 aromatic carbocycles. The third-order valence-corrected chi connectivity index (χ3v) is 4.96. The highest BCUT2D eigenvalue weighted by atomic mass is 16.5. The summed E-state index contributed by atoms with van der Waals surface area (Å²) in [6, 6.07) is 3.97. The number of amides is 1. The van der Waals surface area contributed by atoms with E-state index in [9.17, 15) is 4.79 Å². The zero-order valence-electron chi connectivity index (χ0n) is 14.7. The SMILES string of the molecule is CC1=CC2(CCN(C(=O)CN(C)Cc3ccncc3)CC2)OCC1. The van der Waals surface area contributed by atoms with Crippen molar-refractivity contribution < 1.29 is 9.53 Å². The summed E-state index contributed by atoms with van der Waals surface area (Å²) >= 11 is 0. The third-order valence-electron chi connectivity index (χ3n) is 4.96. The van der Waals surface area contributed by atoms with Crippen molar-refractivity contribution in [3.05, 3.63) is 41.7 Å². The first-order valence-corrected chi connectivity index (χ1v) is 8.74. The molecule has 0 radical (unpaired) electrons. The topological polar surface area (TPSA) is 45.7 Å². The molecule has 2 aliphatic heterocycles. The average molecular weight is 329 g/mol. The van der Waals surface area contributed by atoms with Gasteiger partial charge in [-0.15, -0.1) is 0 Å². The van der Waals surface area contributed by atoms with Crippen molar-refractivity contribution >= 4 is 5.91 Å². The molecule has 5 heteroatoms. The summed E-state index contributed by atoms with van der Waals surface area (Å²) < 4.78 is 6.03. The Bertz CT molecular complexity index is 592. The third kappa shape index (κ3) is 4.22. The van der Waals surface area contributed by atoms with Crippen molar-refractivity contribution in [1.29, 1.82) is 0 Å². The lowest BCUT2D eigenvalue weighted by Crippen LogP contribution is -2.50. The van der Waals surface area contributed by atoms with Crippen molar-refractivity contribution in [2.75, 3.05) is 33.3 Å². The van der Waals surface area contributed by atoms with Crippen LogP contribution in [0.15, 0.2) is 36.2 Å². The molecule has 3 heterocycles. The Morgan fingerprint density at radius 3 is 2.71 bits per heavy atom. The van der Waals surface area contributed by atoms with Gasteiger partial charge in [0.15, 0.2) is 0 Å². The minimum absolute atomic E-state index is 0.123. The first kappa shape index (κ1) is 17.1. The number of likely N-dealkylation sites (N-methyl/N-ethyl adjacent to an activating group) is 1. The molecule has 1 fully saturated rings. The number of likely N-dealkylation sites (tertiary alicyclic amines) is 1. The van der Waals surface area contributed by atoms with Crippen LogP contribution in [0.1, 0.15) is 31.7 Å². The molecule has 3 rings (SSSR count). The molecule has 24 heavy (non-hydrogen) atoms. The molecule has 0 atom stereocenters. The van der Waals surface area contributed by atoms with E-state index in [0.29, 0.717) is 6.54 Å². The number of ether oxygens (including phenoxy) is 1. The van der Waals surface area contributed by atoms with Crippen LogP contribution >= 0.6 is 0 Å². The van der Waals surface area contributed by atoms with Crippen LogP contribution < -0.4 is 0 Å². The second kappa shape index (κ2) is 7.45. The van der Waals surface area contributed by atoms with Gasteiger partial charge in [-0.3, -0.25) is 14.7 Å². The van der Waals surface area contributed by atoms with Gasteiger partial charge in [0.2, 0.25) is 5.91 Å². The largest absolute Gasteiger partial charge is 0.370 e. The Labute approximate surface area is 144 Å². The normalized spacial score (nSPS) is 20.3. The second-order valence-corrected chi connectivity index (χ2v) is 7.06. The standard InChI is InChI=1S/C19H27N3O2/c1-16-5-12-24-19(13-16)6-10-22(11-7-19)18(23)15-21(2)14-17-3-8-20-9-4-17/h3-4,8-9,13H,5-7,10-12,14-15H2,1-2H3. The molecule has 1 spiro atoms. The van der Waals surface area contributed by atoms with Crippen molar-refractivity contribution in [3.8, 4) is 0 Å². The van der Waals surface area contributed by atoms with E-state index in [1.165, 1.54) is 11.1 Å². The minimum atomic E-state index is -0.123. The maximum Gasteiger partial charge on any atom is 0.236 e. The smallest absolute Gasteiger partial charge is 0.236 e. The van der Waals surface area contributed by atoms with E-state index >= 15 is 0 Å². The molecule has 1 aromatic rings. The van der Waals surface area contributed by atoms with Gasteiger partial charge in [-0.25, -0.2) is 0 Å².